The van der Waals surface area contributed by atoms with E-state index in [4.69, 9.17) is 12.2 Å². The van der Waals surface area contributed by atoms with Gasteiger partial charge < -0.3 is 9.88 Å². The summed E-state index contributed by atoms with van der Waals surface area (Å²) in [6.45, 7) is 0.154. The molecule has 0 aliphatic rings. The van der Waals surface area contributed by atoms with Gasteiger partial charge in [0.25, 0.3) is 5.91 Å². The quantitative estimate of drug-likeness (QED) is 0.508. The molecule has 0 fully saturated rings. The van der Waals surface area contributed by atoms with Gasteiger partial charge in [0, 0.05) is 5.69 Å². The van der Waals surface area contributed by atoms with Crippen LogP contribution in [0.15, 0.2) is 60.9 Å². The zero-order valence-electron chi connectivity index (χ0n) is 12.2. The Bertz CT molecular complexity index is 831. The number of imidazole rings is 1. The first kappa shape index (κ1) is 15.0. The molecule has 1 aromatic heterocycles. The van der Waals surface area contributed by atoms with Crippen molar-refractivity contribution in [2.75, 3.05) is 5.32 Å². The highest BCUT2D eigenvalue weighted by Gasteiger charge is 2.07. The number of hydrogen-bond donors (Lipinski definition) is 3. The Labute approximate surface area is 138 Å². The lowest BCUT2D eigenvalue weighted by atomic mass is 10.3. The number of fused-ring (bicyclic) bond motifs is 1. The molecule has 0 atom stereocenters. The highest BCUT2D eigenvalue weighted by molar-refractivity contribution is 7.80. The number of amides is 1. The highest BCUT2D eigenvalue weighted by atomic mass is 32.1. The Balaban J connectivity index is 1.52. The molecule has 1 heterocycles. The van der Waals surface area contributed by atoms with Crippen molar-refractivity contribution in [1.82, 2.24) is 20.4 Å². The van der Waals surface area contributed by atoms with Crippen LogP contribution in [0.25, 0.3) is 11.0 Å². The number of benzene rings is 2. The molecule has 2 aromatic carbocycles. The predicted octanol–water partition coefficient (Wildman–Crippen LogP) is 2.05. The van der Waals surface area contributed by atoms with E-state index in [1.807, 2.05) is 54.6 Å². The van der Waals surface area contributed by atoms with Crippen LogP contribution in [0.5, 0.6) is 0 Å². The molecule has 0 aliphatic carbocycles. The van der Waals surface area contributed by atoms with E-state index in [2.05, 4.69) is 21.2 Å². The number of carbonyl (C=O) groups is 1. The first-order valence-corrected chi connectivity index (χ1v) is 7.44. The molecular formula is C16H15N5OS. The van der Waals surface area contributed by atoms with Gasteiger partial charge in [-0.3, -0.25) is 15.6 Å². The van der Waals surface area contributed by atoms with E-state index in [0.717, 1.165) is 16.7 Å². The van der Waals surface area contributed by atoms with Crippen molar-refractivity contribution in [3.8, 4) is 0 Å². The number of para-hydroxylation sites is 3. The van der Waals surface area contributed by atoms with Crippen LogP contribution in [0.2, 0.25) is 0 Å². The molecule has 0 bridgehead atoms. The number of rotatable bonds is 3. The summed E-state index contributed by atoms with van der Waals surface area (Å²) >= 11 is 5.12. The molecule has 3 rings (SSSR count). The molecule has 0 spiro atoms. The van der Waals surface area contributed by atoms with Crippen molar-refractivity contribution >= 4 is 40.0 Å². The van der Waals surface area contributed by atoms with E-state index in [1.165, 1.54) is 0 Å². The largest absolute Gasteiger partial charge is 0.331 e. The molecule has 0 radical (unpaired) electrons. The monoisotopic (exact) mass is 325 g/mol. The van der Waals surface area contributed by atoms with Crippen LogP contribution in [0, 0.1) is 0 Å². The van der Waals surface area contributed by atoms with Gasteiger partial charge in [0.15, 0.2) is 5.11 Å². The second kappa shape index (κ2) is 6.89. The number of anilines is 1. The molecule has 0 unspecified atom stereocenters. The lowest BCUT2D eigenvalue weighted by Crippen LogP contribution is -2.45. The lowest BCUT2D eigenvalue weighted by molar-refractivity contribution is -0.122. The fourth-order valence-electron chi connectivity index (χ4n) is 2.14. The van der Waals surface area contributed by atoms with Gasteiger partial charge in [0.2, 0.25) is 0 Å². The molecule has 23 heavy (non-hydrogen) atoms. The maximum atomic E-state index is 12.0. The Hall–Kier alpha value is -2.93. The van der Waals surface area contributed by atoms with Gasteiger partial charge in [-0.2, -0.15) is 0 Å². The molecule has 0 saturated heterocycles. The van der Waals surface area contributed by atoms with Crippen molar-refractivity contribution in [3.05, 3.63) is 60.9 Å². The number of aromatic nitrogens is 2. The summed E-state index contributed by atoms with van der Waals surface area (Å²) in [7, 11) is 0. The second-order valence-corrected chi connectivity index (χ2v) is 5.26. The number of hydrogen-bond acceptors (Lipinski definition) is 3. The van der Waals surface area contributed by atoms with Gasteiger partial charge >= 0.3 is 0 Å². The van der Waals surface area contributed by atoms with Crippen LogP contribution in [0.4, 0.5) is 5.69 Å². The maximum Gasteiger partial charge on any atom is 0.258 e. The van der Waals surface area contributed by atoms with Gasteiger partial charge in [-0.05, 0) is 36.5 Å². The van der Waals surface area contributed by atoms with Crippen LogP contribution in [0.1, 0.15) is 0 Å². The number of nitrogens with zero attached hydrogens (tertiary/aromatic N) is 2. The number of carbonyl (C=O) groups excluding carboxylic acids is 1. The molecule has 0 saturated carbocycles. The van der Waals surface area contributed by atoms with E-state index in [9.17, 15) is 4.79 Å². The van der Waals surface area contributed by atoms with Crippen molar-refractivity contribution in [2.45, 2.75) is 6.54 Å². The van der Waals surface area contributed by atoms with Gasteiger partial charge in [-0.1, -0.05) is 30.3 Å². The van der Waals surface area contributed by atoms with Gasteiger partial charge in [-0.25, -0.2) is 4.98 Å². The van der Waals surface area contributed by atoms with E-state index < -0.39 is 0 Å². The first-order valence-electron chi connectivity index (χ1n) is 7.03. The molecule has 3 N–H and O–H groups in total. The zero-order valence-corrected chi connectivity index (χ0v) is 13.0. The summed E-state index contributed by atoms with van der Waals surface area (Å²) in [6, 6.07) is 17.1. The van der Waals surface area contributed by atoms with Crippen LogP contribution in [-0.2, 0) is 11.3 Å². The van der Waals surface area contributed by atoms with Gasteiger partial charge in [0.05, 0.1) is 17.4 Å². The smallest absolute Gasteiger partial charge is 0.258 e. The summed E-state index contributed by atoms with van der Waals surface area (Å²) < 4.78 is 1.78. The van der Waals surface area contributed by atoms with Crippen molar-refractivity contribution < 1.29 is 4.79 Å². The SMILES string of the molecule is O=C(Cn1cnc2ccccc21)NNC(=S)Nc1ccccc1. The Morgan fingerprint density at radius 3 is 2.61 bits per heavy atom. The van der Waals surface area contributed by atoms with Crippen LogP contribution < -0.4 is 16.2 Å². The molecule has 0 aliphatic heterocycles. The van der Waals surface area contributed by atoms with Gasteiger partial charge in [-0.15, -0.1) is 0 Å². The van der Waals surface area contributed by atoms with Crippen LogP contribution in [0.3, 0.4) is 0 Å². The Kier molecular flexibility index (Phi) is 4.49. The topological polar surface area (TPSA) is 71.0 Å². The fourth-order valence-corrected chi connectivity index (χ4v) is 2.31. The normalized spacial score (nSPS) is 10.3. The minimum absolute atomic E-state index is 0.154. The van der Waals surface area contributed by atoms with E-state index >= 15 is 0 Å². The highest BCUT2D eigenvalue weighted by Crippen LogP contribution is 2.11. The third kappa shape index (κ3) is 3.83. The zero-order chi connectivity index (χ0) is 16.1. The summed E-state index contributed by atoms with van der Waals surface area (Å²) in [6.07, 6.45) is 1.64. The Morgan fingerprint density at radius 2 is 1.78 bits per heavy atom. The second-order valence-electron chi connectivity index (χ2n) is 4.85. The van der Waals surface area contributed by atoms with E-state index in [-0.39, 0.29) is 12.5 Å². The molecule has 116 valence electrons. The standard InChI is InChI=1S/C16H15N5OS/c22-15(10-21-11-17-13-8-4-5-9-14(13)21)19-20-16(23)18-12-6-2-1-3-7-12/h1-9,11H,10H2,(H,19,22)(H2,18,20,23). The van der Waals surface area contributed by atoms with E-state index in [0.29, 0.717) is 5.11 Å². The van der Waals surface area contributed by atoms with Crippen molar-refractivity contribution in [3.63, 3.8) is 0 Å². The summed E-state index contributed by atoms with van der Waals surface area (Å²) in [5.74, 6) is -0.217. The molecule has 7 heteroatoms. The van der Waals surface area contributed by atoms with Crippen molar-refractivity contribution in [2.24, 2.45) is 0 Å². The summed E-state index contributed by atoms with van der Waals surface area (Å²) in [4.78, 5) is 16.2. The Morgan fingerprint density at radius 1 is 1.04 bits per heavy atom. The molecule has 6 nitrogen and oxygen atoms in total. The maximum absolute atomic E-state index is 12.0. The minimum Gasteiger partial charge on any atom is -0.331 e. The van der Waals surface area contributed by atoms with Crippen LogP contribution >= 0.6 is 12.2 Å². The molecule has 1 amide bonds. The third-order valence-electron chi connectivity index (χ3n) is 3.19. The number of thiocarbonyl (C=S) groups is 1. The van der Waals surface area contributed by atoms with Crippen molar-refractivity contribution in [1.29, 1.82) is 0 Å². The average Bonchev–Trinajstić information content (AvgIpc) is 2.97. The minimum atomic E-state index is -0.217. The van der Waals surface area contributed by atoms with E-state index in [1.54, 1.807) is 10.9 Å². The first-order chi connectivity index (χ1) is 11.2. The lowest BCUT2D eigenvalue weighted by Gasteiger charge is -2.12. The fraction of sp³-hybridized carbons (Fsp3) is 0.0625. The molecule has 3 aromatic rings. The summed E-state index contributed by atoms with van der Waals surface area (Å²) in [5, 5.41) is 3.29. The van der Waals surface area contributed by atoms with Crippen LogP contribution in [-0.4, -0.2) is 20.6 Å². The number of hydrazine groups is 1. The third-order valence-corrected chi connectivity index (χ3v) is 3.39. The average molecular weight is 325 g/mol. The summed E-state index contributed by atoms with van der Waals surface area (Å²) in [5.41, 5.74) is 7.86. The number of nitrogens with one attached hydrogen (secondary N) is 3. The predicted molar refractivity (Wildman–Crippen MR) is 93.7 cm³/mol. The molecular weight excluding hydrogens is 310 g/mol. The van der Waals surface area contributed by atoms with Gasteiger partial charge in [0.1, 0.15) is 6.54 Å².